The van der Waals surface area contributed by atoms with Crippen LogP contribution in [0.25, 0.3) is 0 Å². The highest BCUT2D eigenvalue weighted by Crippen LogP contribution is 2.27. The summed E-state index contributed by atoms with van der Waals surface area (Å²) in [7, 11) is 0. The molecule has 0 aromatic carbocycles. The van der Waals surface area contributed by atoms with E-state index in [2.05, 4.69) is 10.3 Å². The topological polar surface area (TPSA) is 135 Å². The van der Waals surface area contributed by atoms with Crippen LogP contribution in [0.1, 0.15) is 4.88 Å². The van der Waals surface area contributed by atoms with Crippen molar-refractivity contribution >= 4 is 22.0 Å². The van der Waals surface area contributed by atoms with Crippen LogP contribution in [0.2, 0.25) is 0 Å². The molecule has 0 aliphatic carbocycles. The first kappa shape index (κ1) is 18.3. The molecule has 2 heterocycles. The van der Waals surface area contributed by atoms with Gasteiger partial charge in [-0.15, -0.1) is 0 Å². The molecule has 1 aliphatic rings. The minimum absolute atomic E-state index is 0.108. The van der Waals surface area contributed by atoms with Gasteiger partial charge in [0.05, 0.1) is 16.6 Å². The largest absolute Gasteiger partial charge is 0.431 e. The van der Waals surface area contributed by atoms with Gasteiger partial charge in [0.15, 0.2) is 6.54 Å². The lowest BCUT2D eigenvalue weighted by atomic mass is 10.2. The van der Waals surface area contributed by atoms with Gasteiger partial charge in [-0.3, -0.25) is 10.1 Å². The average Bonchev–Trinajstić information content (AvgIpc) is 2.75. The number of nitrogens with one attached hydrogen (secondary N) is 2. The summed E-state index contributed by atoms with van der Waals surface area (Å²) in [4.78, 5) is 21.5. The Balaban J connectivity index is 0.000000593. The Morgan fingerprint density at radius 1 is 1.22 bits per heavy atom. The molecule has 0 fully saturated rings. The summed E-state index contributed by atoms with van der Waals surface area (Å²) in [6.45, 7) is 0.430. The van der Waals surface area contributed by atoms with Gasteiger partial charge < -0.3 is 20.6 Å². The molecular weight excluding hydrogens is 345 g/mol. The second kappa shape index (κ2) is 7.53. The van der Waals surface area contributed by atoms with Gasteiger partial charge in [0, 0.05) is 12.1 Å². The van der Waals surface area contributed by atoms with Crippen LogP contribution in [0.5, 0.6) is 0 Å². The average molecular weight is 354 g/mol. The molecule has 1 aliphatic heterocycles. The quantitative estimate of drug-likeness (QED) is 0.580. The van der Waals surface area contributed by atoms with Crippen LogP contribution in [-0.4, -0.2) is 35.0 Å². The molecule has 0 atom stereocenters. The van der Waals surface area contributed by atoms with Crippen molar-refractivity contribution in [1.29, 1.82) is 0 Å². The molecule has 0 saturated heterocycles. The first-order valence-corrected chi connectivity index (χ1v) is 6.62. The summed E-state index contributed by atoms with van der Waals surface area (Å²) in [6.07, 6.45) is -3.54. The number of hydrogen-bond donors (Lipinski definition) is 2. The molecule has 0 radical (unpaired) electrons. The third-order valence-electron chi connectivity index (χ3n) is 2.39. The minimum atomic E-state index is -4.47. The smallest absolute Gasteiger partial charge is 0.375 e. The Kier molecular flexibility index (Phi) is 6.01. The van der Waals surface area contributed by atoms with Crippen molar-refractivity contribution in [2.75, 3.05) is 13.1 Å². The van der Waals surface area contributed by atoms with E-state index < -0.39 is 21.9 Å². The second-order valence-electron chi connectivity index (χ2n) is 3.94. The number of hydrogen-bond acceptors (Lipinski definition) is 7. The fourth-order valence-electron chi connectivity index (χ4n) is 1.55. The van der Waals surface area contributed by atoms with Crippen molar-refractivity contribution in [2.45, 2.75) is 6.18 Å². The maximum absolute atomic E-state index is 12.7. The molecule has 126 valence electrons. The SMILES string of the molecule is O=[N+]([O-])[O-].O=[N+]([O-])c1ccc(C2=[NH+]CCNC(C(F)(F)F)=C2)s1. The lowest BCUT2D eigenvalue weighted by Gasteiger charge is -2.10. The number of alkyl halides is 3. The zero-order chi connectivity index (χ0) is 17.6. The molecule has 2 rings (SSSR count). The molecule has 9 nitrogen and oxygen atoms in total. The van der Waals surface area contributed by atoms with Crippen LogP contribution < -0.4 is 10.3 Å². The molecule has 0 spiro atoms. The summed E-state index contributed by atoms with van der Waals surface area (Å²) < 4.78 is 38.0. The highest BCUT2D eigenvalue weighted by atomic mass is 32.1. The molecule has 0 amide bonds. The molecule has 2 N–H and O–H groups in total. The number of nitro groups is 1. The van der Waals surface area contributed by atoms with Crippen molar-refractivity contribution in [3.63, 3.8) is 0 Å². The maximum Gasteiger partial charge on any atom is 0.431 e. The van der Waals surface area contributed by atoms with Crippen LogP contribution >= 0.6 is 11.3 Å². The standard InChI is InChI=1S/C10H8F3N3O2S.NO3/c11-10(12,13)8-5-6(14-3-4-15-8)7-1-2-9(19-7)16(17)18;2-1(3)4/h1-2,5,15H,3-4H2;/q;-1/p+1. The van der Waals surface area contributed by atoms with Crippen molar-refractivity contribution in [3.8, 4) is 0 Å². The third-order valence-corrected chi connectivity index (χ3v) is 3.46. The van der Waals surface area contributed by atoms with Crippen LogP contribution in [0.4, 0.5) is 18.2 Å². The van der Waals surface area contributed by atoms with E-state index in [1.165, 1.54) is 12.1 Å². The van der Waals surface area contributed by atoms with Gasteiger partial charge in [-0.2, -0.15) is 13.2 Å². The first-order chi connectivity index (χ1) is 10.6. The Bertz CT molecular complexity index is 651. The number of thiophene rings is 1. The van der Waals surface area contributed by atoms with Crippen molar-refractivity contribution in [2.24, 2.45) is 0 Å². The summed E-state index contributed by atoms with van der Waals surface area (Å²) in [5.74, 6) is 0. The number of rotatable bonds is 2. The summed E-state index contributed by atoms with van der Waals surface area (Å²) >= 11 is 0.831. The summed E-state index contributed by atoms with van der Waals surface area (Å²) in [5, 5.41) is 27.5. The van der Waals surface area contributed by atoms with Crippen LogP contribution in [-0.2, 0) is 0 Å². The van der Waals surface area contributed by atoms with Crippen molar-refractivity contribution in [1.82, 2.24) is 5.32 Å². The molecule has 23 heavy (non-hydrogen) atoms. The first-order valence-electron chi connectivity index (χ1n) is 5.81. The van der Waals surface area contributed by atoms with Crippen LogP contribution in [0.15, 0.2) is 23.9 Å². The predicted molar refractivity (Wildman–Crippen MR) is 73.4 cm³/mol. The number of nitrogens with zero attached hydrogens (tertiary/aromatic N) is 2. The Morgan fingerprint density at radius 3 is 2.30 bits per heavy atom. The molecule has 13 heteroatoms. The van der Waals surface area contributed by atoms with E-state index in [1.54, 1.807) is 0 Å². The lowest BCUT2D eigenvalue weighted by Crippen LogP contribution is -2.73. The number of halogens is 3. The third kappa shape index (κ3) is 5.90. The van der Waals surface area contributed by atoms with Gasteiger partial charge in [-0.1, -0.05) is 11.3 Å². The van der Waals surface area contributed by atoms with E-state index in [1.807, 2.05) is 0 Å². The molecule has 1 aromatic rings. The van der Waals surface area contributed by atoms with Crippen LogP contribution in [0.3, 0.4) is 0 Å². The number of allylic oxidation sites excluding steroid dienone is 2. The van der Waals surface area contributed by atoms with E-state index in [0.717, 1.165) is 17.4 Å². The highest BCUT2D eigenvalue weighted by molar-refractivity contribution is 7.17. The summed E-state index contributed by atoms with van der Waals surface area (Å²) in [6, 6.07) is 2.70. The van der Waals surface area contributed by atoms with Gasteiger partial charge >= 0.3 is 11.2 Å². The molecular formula is C10H9F3N4O5S. The second-order valence-corrected chi connectivity index (χ2v) is 5.00. The molecule has 0 unspecified atom stereocenters. The zero-order valence-electron chi connectivity index (χ0n) is 11.1. The Morgan fingerprint density at radius 2 is 1.83 bits per heavy atom. The van der Waals surface area contributed by atoms with Crippen LogP contribution in [0, 0.1) is 25.4 Å². The van der Waals surface area contributed by atoms with Gasteiger partial charge in [0.2, 0.25) is 5.71 Å². The molecule has 0 bridgehead atoms. The molecule has 0 saturated carbocycles. The van der Waals surface area contributed by atoms with Gasteiger partial charge in [0.1, 0.15) is 10.6 Å². The van der Waals surface area contributed by atoms with E-state index in [4.69, 9.17) is 15.3 Å². The predicted octanol–water partition coefficient (Wildman–Crippen LogP) is 0.336. The minimum Gasteiger partial charge on any atom is -0.375 e. The maximum atomic E-state index is 12.7. The summed E-state index contributed by atoms with van der Waals surface area (Å²) in [5.41, 5.74) is -0.626. The zero-order valence-corrected chi connectivity index (χ0v) is 11.9. The fraction of sp³-hybridized carbons (Fsp3) is 0.300. The van der Waals surface area contributed by atoms with E-state index in [0.29, 0.717) is 11.4 Å². The highest BCUT2D eigenvalue weighted by Gasteiger charge is 2.36. The lowest BCUT2D eigenvalue weighted by molar-refractivity contribution is -0.452. The van der Waals surface area contributed by atoms with Gasteiger partial charge in [-0.25, -0.2) is 4.99 Å². The molecule has 1 aromatic heterocycles. The Labute approximate surface area is 130 Å². The van der Waals surface area contributed by atoms with Gasteiger partial charge in [-0.05, 0) is 6.07 Å². The van der Waals surface area contributed by atoms with Gasteiger partial charge in [0.25, 0.3) is 0 Å². The fourth-order valence-corrected chi connectivity index (χ4v) is 2.36. The Hall–Kier alpha value is -2.70. The van der Waals surface area contributed by atoms with E-state index >= 15 is 0 Å². The van der Waals surface area contributed by atoms with Crippen molar-refractivity contribution < 1.29 is 28.2 Å². The van der Waals surface area contributed by atoms with E-state index in [9.17, 15) is 23.3 Å². The van der Waals surface area contributed by atoms with Crippen molar-refractivity contribution in [3.05, 3.63) is 54.2 Å². The normalized spacial score (nSPS) is 14.4. The monoisotopic (exact) mass is 354 g/mol. The van der Waals surface area contributed by atoms with E-state index in [-0.39, 0.29) is 17.3 Å².